The molecule has 21 heavy (non-hydrogen) atoms. The zero-order valence-corrected chi connectivity index (χ0v) is 12.4. The van der Waals surface area contributed by atoms with Gasteiger partial charge in [0.05, 0.1) is 15.6 Å². The molecule has 9 heteroatoms. The second kappa shape index (κ2) is 5.66. The summed E-state index contributed by atoms with van der Waals surface area (Å²) in [6, 6.07) is 6.22. The van der Waals surface area contributed by atoms with Gasteiger partial charge in [-0.15, -0.1) is 0 Å². The first-order chi connectivity index (χ1) is 9.79. The maximum Gasteiger partial charge on any atom is 0.270 e. The average molecular weight is 328 g/mol. The zero-order valence-electron chi connectivity index (χ0n) is 10.8. The SMILES string of the molecule is Cc1cc(NS(=O)(=O)c2cc([N+](=O)[O-])ccc2Cl)ccn1. The first kappa shape index (κ1) is 15.2. The van der Waals surface area contributed by atoms with Gasteiger partial charge in [0.25, 0.3) is 15.7 Å². The quantitative estimate of drug-likeness (QED) is 0.687. The molecule has 0 saturated carbocycles. The molecular formula is C12H10ClN3O4S. The Bertz CT molecular complexity index is 808. The van der Waals surface area contributed by atoms with E-state index < -0.39 is 14.9 Å². The van der Waals surface area contributed by atoms with Crippen molar-refractivity contribution in [2.75, 3.05) is 4.72 Å². The van der Waals surface area contributed by atoms with Gasteiger partial charge in [0, 0.05) is 24.0 Å². The number of benzene rings is 1. The fourth-order valence-electron chi connectivity index (χ4n) is 1.63. The number of hydrogen-bond acceptors (Lipinski definition) is 5. The fourth-order valence-corrected chi connectivity index (χ4v) is 3.20. The van der Waals surface area contributed by atoms with Crippen molar-refractivity contribution in [3.63, 3.8) is 0 Å². The van der Waals surface area contributed by atoms with E-state index in [4.69, 9.17) is 11.6 Å². The number of aryl methyl sites for hydroxylation is 1. The van der Waals surface area contributed by atoms with E-state index in [1.807, 2.05) is 0 Å². The molecule has 0 saturated heterocycles. The summed E-state index contributed by atoms with van der Waals surface area (Å²) in [5, 5.41) is 10.6. The van der Waals surface area contributed by atoms with Crippen LogP contribution in [0.1, 0.15) is 5.69 Å². The largest absolute Gasteiger partial charge is 0.279 e. The molecule has 110 valence electrons. The number of rotatable bonds is 4. The van der Waals surface area contributed by atoms with Crippen LogP contribution in [-0.4, -0.2) is 18.3 Å². The lowest BCUT2D eigenvalue weighted by Gasteiger charge is -2.09. The molecule has 0 bridgehead atoms. The van der Waals surface area contributed by atoms with Crippen LogP contribution in [0.15, 0.2) is 41.4 Å². The van der Waals surface area contributed by atoms with E-state index in [-0.39, 0.29) is 15.6 Å². The lowest BCUT2D eigenvalue weighted by molar-refractivity contribution is -0.385. The number of nitro groups is 1. The highest BCUT2D eigenvalue weighted by molar-refractivity contribution is 7.92. The molecule has 0 amide bonds. The number of aromatic nitrogens is 1. The van der Waals surface area contributed by atoms with Gasteiger partial charge < -0.3 is 0 Å². The number of sulfonamides is 1. The molecule has 2 rings (SSSR count). The minimum atomic E-state index is -4.03. The Kier molecular flexibility index (Phi) is 4.10. The molecule has 0 aliphatic heterocycles. The third-order valence-corrected chi connectivity index (χ3v) is 4.43. The first-order valence-corrected chi connectivity index (χ1v) is 7.55. The van der Waals surface area contributed by atoms with Gasteiger partial charge in [-0.05, 0) is 25.1 Å². The smallest absolute Gasteiger partial charge is 0.270 e. The Morgan fingerprint density at radius 3 is 2.62 bits per heavy atom. The monoisotopic (exact) mass is 327 g/mol. The molecule has 1 N–H and O–H groups in total. The molecule has 0 radical (unpaired) electrons. The third kappa shape index (κ3) is 3.47. The van der Waals surface area contributed by atoms with E-state index in [0.717, 1.165) is 12.1 Å². The van der Waals surface area contributed by atoms with Crippen molar-refractivity contribution in [2.45, 2.75) is 11.8 Å². The van der Waals surface area contributed by atoms with E-state index in [1.165, 1.54) is 24.4 Å². The Morgan fingerprint density at radius 1 is 1.29 bits per heavy atom. The molecule has 7 nitrogen and oxygen atoms in total. The third-order valence-electron chi connectivity index (χ3n) is 2.56. The van der Waals surface area contributed by atoms with Crippen molar-refractivity contribution in [3.05, 3.63) is 57.4 Å². The Hall–Kier alpha value is -2.19. The summed E-state index contributed by atoms with van der Waals surface area (Å²) in [5.41, 5.74) is 0.566. The fraction of sp³-hybridized carbons (Fsp3) is 0.0833. The number of pyridine rings is 1. The molecule has 0 aliphatic rings. The number of halogens is 1. The maximum atomic E-state index is 12.3. The minimum absolute atomic E-state index is 0.0983. The molecule has 1 aromatic carbocycles. The standard InChI is InChI=1S/C12H10ClN3O4S/c1-8-6-9(4-5-14-8)15-21(19,20)12-7-10(16(17)18)2-3-11(12)13/h2-7H,1H3,(H,14,15). The lowest BCUT2D eigenvalue weighted by atomic mass is 10.3. The van der Waals surface area contributed by atoms with E-state index in [9.17, 15) is 18.5 Å². The van der Waals surface area contributed by atoms with Gasteiger partial charge >= 0.3 is 0 Å². The summed E-state index contributed by atoms with van der Waals surface area (Å²) in [5.74, 6) is 0. The molecule has 0 fully saturated rings. The second-order valence-corrected chi connectivity index (χ2v) is 6.22. The number of non-ortho nitro benzene ring substituents is 1. The predicted octanol–water partition coefficient (Wildman–Crippen LogP) is 2.75. The van der Waals surface area contributed by atoms with Gasteiger partial charge in [0.2, 0.25) is 0 Å². The van der Waals surface area contributed by atoms with Gasteiger partial charge in [-0.2, -0.15) is 0 Å². The average Bonchev–Trinajstić information content (AvgIpc) is 2.38. The molecule has 1 heterocycles. The Labute approximate surface area is 125 Å². The molecule has 1 aromatic heterocycles. The zero-order chi connectivity index (χ0) is 15.6. The van der Waals surface area contributed by atoms with Gasteiger partial charge in [-0.3, -0.25) is 19.8 Å². The van der Waals surface area contributed by atoms with E-state index in [1.54, 1.807) is 6.92 Å². The highest BCUT2D eigenvalue weighted by Gasteiger charge is 2.21. The van der Waals surface area contributed by atoms with Crippen LogP contribution in [0.3, 0.4) is 0 Å². The normalized spacial score (nSPS) is 11.1. The Balaban J connectivity index is 2.44. The molecular weight excluding hydrogens is 318 g/mol. The van der Waals surface area contributed by atoms with Crippen molar-refractivity contribution < 1.29 is 13.3 Å². The van der Waals surface area contributed by atoms with E-state index in [2.05, 4.69) is 9.71 Å². The maximum absolute atomic E-state index is 12.3. The van der Waals surface area contributed by atoms with Gasteiger partial charge in [0.15, 0.2) is 0 Å². The summed E-state index contributed by atoms with van der Waals surface area (Å²) in [4.78, 5) is 13.6. The highest BCUT2D eigenvalue weighted by atomic mass is 35.5. The number of hydrogen-bond donors (Lipinski definition) is 1. The summed E-state index contributed by atoms with van der Waals surface area (Å²) in [6.07, 6.45) is 1.45. The summed E-state index contributed by atoms with van der Waals surface area (Å²) in [6.45, 7) is 1.71. The predicted molar refractivity (Wildman–Crippen MR) is 77.9 cm³/mol. The van der Waals surface area contributed by atoms with Crippen LogP contribution in [0.5, 0.6) is 0 Å². The minimum Gasteiger partial charge on any atom is -0.279 e. The topological polar surface area (TPSA) is 102 Å². The van der Waals surface area contributed by atoms with E-state index in [0.29, 0.717) is 11.4 Å². The number of anilines is 1. The number of nitro benzene ring substituents is 1. The van der Waals surface area contributed by atoms with Gasteiger partial charge in [-0.25, -0.2) is 8.42 Å². The van der Waals surface area contributed by atoms with Crippen LogP contribution in [-0.2, 0) is 10.0 Å². The van der Waals surface area contributed by atoms with Gasteiger partial charge in [-0.1, -0.05) is 11.6 Å². The van der Waals surface area contributed by atoms with Crippen molar-refractivity contribution in [3.8, 4) is 0 Å². The number of nitrogens with one attached hydrogen (secondary N) is 1. The number of nitrogens with zero attached hydrogens (tertiary/aromatic N) is 2. The summed E-state index contributed by atoms with van der Waals surface area (Å²) >= 11 is 5.83. The van der Waals surface area contributed by atoms with Gasteiger partial charge in [0.1, 0.15) is 4.90 Å². The van der Waals surface area contributed by atoms with Crippen LogP contribution >= 0.6 is 11.6 Å². The molecule has 0 atom stereocenters. The van der Waals surface area contributed by atoms with Crippen LogP contribution in [0.2, 0.25) is 5.02 Å². The summed E-state index contributed by atoms with van der Waals surface area (Å²) in [7, 11) is -4.03. The van der Waals surface area contributed by atoms with Crippen LogP contribution in [0.25, 0.3) is 0 Å². The van der Waals surface area contributed by atoms with Crippen LogP contribution in [0, 0.1) is 17.0 Å². The van der Waals surface area contributed by atoms with Crippen molar-refractivity contribution in [2.24, 2.45) is 0 Å². The Morgan fingerprint density at radius 2 is 2.00 bits per heavy atom. The molecule has 2 aromatic rings. The van der Waals surface area contributed by atoms with Crippen molar-refractivity contribution in [1.82, 2.24) is 4.98 Å². The van der Waals surface area contributed by atoms with Crippen molar-refractivity contribution >= 4 is 33.0 Å². The van der Waals surface area contributed by atoms with Crippen LogP contribution < -0.4 is 4.72 Å². The second-order valence-electron chi connectivity index (χ2n) is 4.16. The molecule has 0 spiro atoms. The molecule has 0 aliphatic carbocycles. The molecule has 0 unspecified atom stereocenters. The highest BCUT2D eigenvalue weighted by Crippen LogP contribution is 2.27. The first-order valence-electron chi connectivity index (χ1n) is 5.69. The van der Waals surface area contributed by atoms with Crippen molar-refractivity contribution in [1.29, 1.82) is 0 Å². The van der Waals surface area contributed by atoms with E-state index >= 15 is 0 Å². The van der Waals surface area contributed by atoms with Crippen LogP contribution in [0.4, 0.5) is 11.4 Å². The summed E-state index contributed by atoms with van der Waals surface area (Å²) < 4.78 is 26.8. The lowest BCUT2D eigenvalue weighted by Crippen LogP contribution is -2.14.